The summed E-state index contributed by atoms with van der Waals surface area (Å²) in [6.45, 7) is 16.9. The Morgan fingerprint density at radius 2 is 1.83 bits per heavy atom. The second-order valence-electron chi connectivity index (χ2n) is 2.56. The lowest BCUT2D eigenvalue weighted by atomic mass is 10.2. The van der Waals surface area contributed by atoms with Gasteiger partial charge in [0.2, 0.25) is 0 Å². The molecule has 0 unspecified atom stereocenters. The van der Waals surface area contributed by atoms with Crippen molar-refractivity contribution in [2.24, 2.45) is 0 Å². The summed E-state index contributed by atoms with van der Waals surface area (Å²) in [5.74, 6) is 0. The van der Waals surface area contributed by atoms with Crippen molar-refractivity contribution >= 4 is 0 Å². The van der Waals surface area contributed by atoms with Crippen LogP contribution in [0.1, 0.15) is 27.2 Å². The van der Waals surface area contributed by atoms with Gasteiger partial charge in [-0.25, -0.2) is 0 Å². The number of rotatable bonds is 3. The van der Waals surface area contributed by atoms with E-state index in [-0.39, 0.29) is 0 Å². The van der Waals surface area contributed by atoms with Crippen molar-refractivity contribution in [2.45, 2.75) is 27.2 Å². The SMILES string of the molecule is C=C(C)C=CC.C=CC(=C)CC. The maximum absolute atomic E-state index is 3.67. The second kappa shape index (κ2) is 9.96. The average molecular weight is 164 g/mol. The summed E-state index contributed by atoms with van der Waals surface area (Å²) in [6.07, 6.45) is 6.74. The summed E-state index contributed by atoms with van der Waals surface area (Å²) < 4.78 is 0. The molecule has 0 saturated heterocycles. The molecule has 0 amide bonds. The van der Waals surface area contributed by atoms with Gasteiger partial charge in [-0.1, -0.05) is 56.0 Å². The highest BCUT2D eigenvalue weighted by Crippen LogP contribution is 1.93. The predicted octanol–water partition coefficient (Wildman–Crippen LogP) is 4.28. The van der Waals surface area contributed by atoms with Crippen LogP contribution in [-0.4, -0.2) is 0 Å². The first-order valence-corrected chi connectivity index (χ1v) is 4.16. The summed E-state index contributed by atoms with van der Waals surface area (Å²) in [6, 6.07) is 0. The zero-order valence-electron chi connectivity index (χ0n) is 8.56. The van der Waals surface area contributed by atoms with Crippen LogP contribution < -0.4 is 0 Å². The summed E-state index contributed by atoms with van der Waals surface area (Å²) >= 11 is 0. The monoisotopic (exact) mass is 164 g/mol. The molecule has 0 aliphatic rings. The Balaban J connectivity index is 0. The van der Waals surface area contributed by atoms with Gasteiger partial charge in [-0.3, -0.25) is 0 Å². The Labute approximate surface area is 77.0 Å². The summed E-state index contributed by atoms with van der Waals surface area (Å²) in [4.78, 5) is 0. The van der Waals surface area contributed by atoms with E-state index in [1.54, 1.807) is 6.08 Å². The van der Waals surface area contributed by atoms with Gasteiger partial charge in [0.1, 0.15) is 0 Å². The third-order valence-electron chi connectivity index (χ3n) is 1.19. The van der Waals surface area contributed by atoms with Crippen LogP contribution in [0.15, 0.2) is 49.1 Å². The zero-order chi connectivity index (χ0) is 9.98. The number of hydrogen-bond acceptors (Lipinski definition) is 0. The van der Waals surface area contributed by atoms with Gasteiger partial charge in [0.05, 0.1) is 0 Å². The molecule has 0 atom stereocenters. The van der Waals surface area contributed by atoms with Gasteiger partial charge in [-0.15, -0.1) is 0 Å². The molecule has 0 aliphatic heterocycles. The standard InChI is InChI=1S/2C6H10/c1-4-5-6(2)3;1-4-6(3)5-2/h4-5H,2H2,1,3H3;4H,1,3,5H2,2H3. The highest BCUT2D eigenvalue weighted by Gasteiger charge is 1.72. The fourth-order valence-corrected chi connectivity index (χ4v) is 0.429. The Morgan fingerprint density at radius 3 is 1.83 bits per heavy atom. The molecule has 0 aromatic carbocycles. The van der Waals surface area contributed by atoms with E-state index in [0.717, 1.165) is 17.6 Å². The van der Waals surface area contributed by atoms with Gasteiger partial charge in [0, 0.05) is 0 Å². The van der Waals surface area contributed by atoms with Crippen LogP contribution in [0.2, 0.25) is 0 Å². The third-order valence-corrected chi connectivity index (χ3v) is 1.19. The van der Waals surface area contributed by atoms with Crippen molar-refractivity contribution < 1.29 is 0 Å². The van der Waals surface area contributed by atoms with Crippen molar-refractivity contribution in [3.8, 4) is 0 Å². The average Bonchev–Trinajstić information content (AvgIpc) is 2.04. The van der Waals surface area contributed by atoms with E-state index in [9.17, 15) is 0 Å². The van der Waals surface area contributed by atoms with Gasteiger partial charge in [0.25, 0.3) is 0 Å². The van der Waals surface area contributed by atoms with Crippen LogP contribution in [0.4, 0.5) is 0 Å². The molecular weight excluding hydrogens is 144 g/mol. The third kappa shape index (κ3) is 16.0. The van der Waals surface area contributed by atoms with E-state index < -0.39 is 0 Å². The zero-order valence-corrected chi connectivity index (χ0v) is 8.56. The fraction of sp³-hybridized carbons (Fsp3) is 0.333. The Hall–Kier alpha value is -1.04. The van der Waals surface area contributed by atoms with E-state index in [1.165, 1.54) is 0 Å². The first kappa shape index (κ1) is 13.5. The molecule has 12 heavy (non-hydrogen) atoms. The van der Waals surface area contributed by atoms with Crippen molar-refractivity contribution in [3.63, 3.8) is 0 Å². The largest absolute Gasteiger partial charge is 0.0988 e. The quantitative estimate of drug-likeness (QED) is 0.546. The van der Waals surface area contributed by atoms with Crippen molar-refractivity contribution in [1.82, 2.24) is 0 Å². The van der Waals surface area contributed by atoms with Crippen LogP contribution in [0, 0.1) is 0 Å². The molecule has 0 fully saturated rings. The first-order valence-electron chi connectivity index (χ1n) is 4.16. The van der Waals surface area contributed by atoms with E-state index >= 15 is 0 Å². The lowest BCUT2D eigenvalue weighted by Crippen LogP contribution is -1.62. The highest BCUT2D eigenvalue weighted by atomic mass is 13.8. The van der Waals surface area contributed by atoms with Gasteiger partial charge in [-0.2, -0.15) is 0 Å². The maximum Gasteiger partial charge on any atom is -0.0314 e. The van der Waals surface area contributed by atoms with Gasteiger partial charge < -0.3 is 0 Å². The first-order chi connectivity index (χ1) is 5.58. The Morgan fingerprint density at radius 1 is 1.33 bits per heavy atom. The summed E-state index contributed by atoms with van der Waals surface area (Å²) in [7, 11) is 0. The van der Waals surface area contributed by atoms with E-state index in [4.69, 9.17) is 0 Å². The molecule has 0 saturated carbocycles. The lowest BCUT2D eigenvalue weighted by molar-refractivity contribution is 1.16. The molecule has 0 heterocycles. The molecule has 68 valence electrons. The maximum atomic E-state index is 3.67. The predicted molar refractivity (Wildman–Crippen MR) is 59.3 cm³/mol. The highest BCUT2D eigenvalue weighted by molar-refractivity contribution is 5.09. The molecule has 0 bridgehead atoms. The van der Waals surface area contributed by atoms with E-state index in [1.807, 2.05) is 26.0 Å². The molecular formula is C12H20. The molecule has 0 radical (unpaired) electrons. The normalized spacial score (nSPS) is 8.58. The molecule has 0 aromatic rings. The summed E-state index contributed by atoms with van der Waals surface area (Å²) in [5.41, 5.74) is 2.22. The van der Waals surface area contributed by atoms with E-state index in [0.29, 0.717) is 0 Å². The Bertz CT molecular complexity index is 170. The minimum atomic E-state index is 1.02. The number of hydrogen-bond donors (Lipinski definition) is 0. The second-order valence-corrected chi connectivity index (χ2v) is 2.56. The van der Waals surface area contributed by atoms with Crippen LogP contribution >= 0.6 is 0 Å². The molecule has 0 spiro atoms. The molecule has 0 aromatic heterocycles. The minimum Gasteiger partial charge on any atom is -0.0988 e. The number of allylic oxidation sites excluding steroid dienone is 5. The van der Waals surface area contributed by atoms with Crippen molar-refractivity contribution in [2.75, 3.05) is 0 Å². The van der Waals surface area contributed by atoms with E-state index in [2.05, 4.69) is 26.7 Å². The van der Waals surface area contributed by atoms with Crippen LogP contribution in [-0.2, 0) is 0 Å². The fourth-order valence-electron chi connectivity index (χ4n) is 0.429. The topological polar surface area (TPSA) is 0 Å². The van der Waals surface area contributed by atoms with Crippen LogP contribution in [0.5, 0.6) is 0 Å². The molecule has 0 heteroatoms. The molecule has 0 aliphatic carbocycles. The van der Waals surface area contributed by atoms with Crippen LogP contribution in [0.3, 0.4) is 0 Å². The smallest absolute Gasteiger partial charge is 0.0314 e. The molecule has 0 nitrogen and oxygen atoms in total. The summed E-state index contributed by atoms with van der Waals surface area (Å²) in [5, 5.41) is 0. The molecule has 0 N–H and O–H groups in total. The van der Waals surface area contributed by atoms with Crippen LogP contribution in [0.25, 0.3) is 0 Å². The lowest BCUT2D eigenvalue weighted by Gasteiger charge is -1.83. The van der Waals surface area contributed by atoms with Crippen molar-refractivity contribution in [3.05, 3.63) is 49.1 Å². The van der Waals surface area contributed by atoms with Gasteiger partial charge in [0.15, 0.2) is 0 Å². The van der Waals surface area contributed by atoms with Crippen molar-refractivity contribution in [1.29, 1.82) is 0 Å². The molecule has 0 rings (SSSR count). The Kier molecular flexibility index (Phi) is 11.2. The minimum absolute atomic E-state index is 1.02. The van der Waals surface area contributed by atoms with Gasteiger partial charge >= 0.3 is 0 Å². The van der Waals surface area contributed by atoms with Gasteiger partial charge in [-0.05, 0) is 20.3 Å².